The number of sulfone groups is 1. The first-order chi connectivity index (χ1) is 12.3. The number of hydrogen-bond donors (Lipinski definition) is 1. The fourth-order valence-corrected chi connectivity index (χ4v) is 3.57. The Bertz CT molecular complexity index is 952. The molecular formula is C18H17FN2O4S. The predicted octanol–water partition coefficient (Wildman–Crippen LogP) is 1.94. The summed E-state index contributed by atoms with van der Waals surface area (Å²) in [6, 6.07) is 12.4. The van der Waals surface area contributed by atoms with E-state index in [4.69, 9.17) is 10.00 Å². The number of nitriles is 1. The molecule has 1 amide bonds. The van der Waals surface area contributed by atoms with Crippen molar-refractivity contribution in [2.75, 3.05) is 12.9 Å². The number of hydrogen-bond acceptors (Lipinski definition) is 5. The lowest BCUT2D eigenvalue weighted by Gasteiger charge is -2.08. The highest BCUT2D eigenvalue weighted by Crippen LogP contribution is 2.18. The van der Waals surface area contributed by atoms with Gasteiger partial charge in [-0.1, -0.05) is 18.2 Å². The lowest BCUT2D eigenvalue weighted by atomic mass is 10.1. The van der Waals surface area contributed by atoms with Crippen molar-refractivity contribution in [2.45, 2.75) is 12.3 Å². The van der Waals surface area contributed by atoms with E-state index < -0.39 is 33.1 Å². The Morgan fingerprint density at radius 3 is 2.69 bits per heavy atom. The van der Waals surface area contributed by atoms with Crippen LogP contribution >= 0.6 is 0 Å². The molecule has 8 heteroatoms. The quantitative estimate of drug-likeness (QED) is 0.797. The summed E-state index contributed by atoms with van der Waals surface area (Å²) in [4.78, 5) is 11.9. The first-order valence-corrected chi connectivity index (χ1v) is 9.43. The number of benzene rings is 2. The van der Waals surface area contributed by atoms with Crippen molar-refractivity contribution in [1.29, 1.82) is 5.26 Å². The summed E-state index contributed by atoms with van der Waals surface area (Å²) in [6.07, 6.45) is 0. The summed E-state index contributed by atoms with van der Waals surface area (Å²) in [5.41, 5.74) is 1.09. The first-order valence-electron chi connectivity index (χ1n) is 7.61. The maximum Gasteiger partial charge on any atom is 0.235 e. The normalized spacial score (nSPS) is 10.8. The molecule has 0 spiro atoms. The third kappa shape index (κ3) is 5.57. The average molecular weight is 376 g/mol. The zero-order chi connectivity index (χ0) is 19.2. The van der Waals surface area contributed by atoms with Crippen molar-refractivity contribution in [1.82, 2.24) is 5.32 Å². The minimum atomic E-state index is -3.84. The molecule has 26 heavy (non-hydrogen) atoms. The summed E-state index contributed by atoms with van der Waals surface area (Å²) < 4.78 is 43.0. The lowest BCUT2D eigenvalue weighted by Crippen LogP contribution is -2.30. The van der Waals surface area contributed by atoms with Gasteiger partial charge in [-0.2, -0.15) is 5.26 Å². The fraction of sp³-hybridized carbons (Fsp3) is 0.222. The molecule has 0 unspecified atom stereocenters. The summed E-state index contributed by atoms with van der Waals surface area (Å²) in [6.45, 7) is 0.0980. The molecule has 0 aliphatic rings. The Morgan fingerprint density at radius 2 is 2.04 bits per heavy atom. The van der Waals surface area contributed by atoms with Crippen LogP contribution in [0.2, 0.25) is 0 Å². The molecule has 2 aromatic rings. The maximum atomic E-state index is 13.9. The molecule has 1 N–H and O–H groups in total. The number of methoxy groups -OCH3 is 1. The molecule has 6 nitrogen and oxygen atoms in total. The molecule has 0 saturated heterocycles. The number of ether oxygens (including phenoxy) is 1. The third-order valence-corrected chi connectivity index (χ3v) is 4.99. The van der Waals surface area contributed by atoms with Crippen LogP contribution in [0.25, 0.3) is 0 Å². The van der Waals surface area contributed by atoms with E-state index >= 15 is 0 Å². The molecule has 0 aromatic heterocycles. The number of halogens is 1. The van der Waals surface area contributed by atoms with Crippen molar-refractivity contribution in [2.24, 2.45) is 0 Å². The van der Waals surface area contributed by atoms with Gasteiger partial charge in [0.05, 0.1) is 24.5 Å². The third-order valence-electron chi connectivity index (χ3n) is 3.53. The van der Waals surface area contributed by atoms with Crippen LogP contribution in [0.15, 0.2) is 42.5 Å². The molecule has 2 aromatic carbocycles. The van der Waals surface area contributed by atoms with Gasteiger partial charge in [0.25, 0.3) is 0 Å². The van der Waals surface area contributed by atoms with E-state index in [1.54, 1.807) is 24.3 Å². The van der Waals surface area contributed by atoms with Gasteiger partial charge < -0.3 is 10.1 Å². The van der Waals surface area contributed by atoms with Gasteiger partial charge in [-0.05, 0) is 23.8 Å². The Labute approximate surface area is 151 Å². The second-order valence-electron chi connectivity index (χ2n) is 5.58. The van der Waals surface area contributed by atoms with Gasteiger partial charge >= 0.3 is 0 Å². The Kier molecular flexibility index (Phi) is 6.31. The molecule has 0 heterocycles. The second-order valence-corrected chi connectivity index (χ2v) is 7.64. The van der Waals surface area contributed by atoms with Gasteiger partial charge in [-0.25, -0.2) is 12.8 Å². The minimum absolute atomic E-state index is 0.0275. The molecule has 0 saturated carbocycles. The molecule has 0 radical (unpaired) electrons. The number of carbonyl (C=O) groups excluding carboxylic acids is 1. The van der Waals surface area contributed by atoms with Crippen LogP contribution < -0.4 is 10.1 Å². The van der Waals surface area contributed by atoms with Crippen molar-refractivity contribution in [3.05, 3.63) is 65.0 Å². The van der Waals surface area contributed by atoms with E-state index in [1.807, 2.05) is 6.07 Å². The predicted molar refractivity (Wildman–Crippen MR) is 93.4 cm³/mol. The van der Waals surface area contributed by atoms with Crippen LogP contribution in [-0.2, 0) is 26.9 Å². The summed E-state index contributed by atoms with van der Waals surface area (Å²) in [7, 11) is -2.46. The van der Waals surface area contributed by atoms with Crippen molar-refractivity contribution >= 4 is 15.7 Å². The Morgan fingerprint density at radius 1 is 1.27 bits per heavy atom. The van der Waals surface area contributed by atoms with E-state index in [0.29, 0.717) is 11.1 Å². The van der Waals surface area contributed by atoms with Crippen LogP contribution in [0.3, 0.4) is 0 Å². The highest BCUT2D eigenvalue weighted by Gasteiger charge is 2.19. The summed E-state index contributed by atoms with van der Waals surface area (Å²) >= 11 is 0. The number of carbonyl (C=O) groups is 1. The smallest absolute Gasteiger partial charge is 0.235 e. The number of amides is 1. The Hall–Kier alpha value is -2.92. The topological polar surface area (TPSA) is 96.3 Å². The van der Waals surface area contributed by atoms with Crippen LogP contribution in [0.4, 0.5) is 4.39 Å². The fourth-order valence-electron chi connectivity index (χ4n) is 2.26. The minimum Gasteiger partial charge on any atom is -0.497 e. The molecule has 0 aliphatic carbocycles. The summed E-state index contributed by atoms with van der Waals surface area (Å²) in [5, 5.41) is 11.3. The van der Waals surface area contributed by atoms with E-state index in [2.05, 4.69) is 5.32 Å². The van der Waals surface area contributed by atoms with Crippen LogP contribution in [-0.4, -0.2) is 27.2 Å². The highest BCUT2D eigenvalue weighted by molar-refractivity contribution is 7.91. The number of nitrogens with zero attached hydrogens (tertiary/aromatic N) is 1. The van der Waals surface area contributed by atoms with Crippen molar-refractivity contribution in [3.63, 3.8) is 0 Å². The molecule has 2 rings (SSSR count). The summed E-state index contributed by atoms with van der Waals surface area (Å²) in [5.74, 6) is -2.46. The van der Waals surface area contributed by atoms with E-state index in [9.17, 15) is 17.6 Å². The second kappa shape index (κ2) is 8.45. The molecule has 136 valence electrons. The molecular weight excluding hydrogens is 359 g/mol. The molecule has 0 atom stereocenters. The lowest BCUT2D eigenvalue weighted by molar-refractivity contribution is -0.118. The molecule has 0 aliphatic heterocycles. The first kappa shape index (κ1) is 19.4. The molecule has 0 fully saturated rings. The molecule has 0 bridgehead atoms. The highest BCUT2D eigenvalue weighted by atomic mass is 32.2. The van der Waals surface area contributed by atoms with Gasteiger partial charge in [-0.3, -0.25) is 4.79 Å². The largest absolute Gasteiger partial charge is 0.497 e. The van der Waals surface area contributed by atoms with E-state index in [-0.39, 0.29) is 17.9 Å². The average Bonchev–Trinajstić information content (AvgIpc) is 2.61. The van der Waals surface area contributed by atoms with Crippen molar-refractivity contribution in [3.8, 4) is 11.8 Å². The van der Waals surface area contributed by atoms with Gasteiger partial charge in [0.15, 0.2) is 9.84 Å². The number of rotatable bonds is 7. The standard InChI is InChI=1S/C18H17FN2O4S/c1-25-16-6-5-15(17(19)8-16)11-26(23,24)12-18(22)21-10-14-4-2-3-13(7-14)9-20/h2-8H,10-12H2,1H3,(H,21,22). The number of nitrogens with one attached hydrogen (secondary N) is 1. The van der Waals surface area contributed by atoms with Gasteiger partial charge in [0.2, 0.25) is 5.91 Å². The monoisotopic (exact) mass is 376 g/mol. The van der Waals surface area contributed by atoms with Gasteiger partial charge in [-0.15, -0.1) is 0 Å². The van der Waals surface area contributed by atoms with Crippen LogP contribution in [0.1, 0.15) is 16.7 Å². The van der Waals surface area contributed by atoms with Crippen LogP contribution in [0, 0.1) is 17.1 Å². The van der Waals surface area contributed by atoms with Crippen molar-refractivity contribution < 1.29 is 22.3 Å². The van der Waals surface area contributed by atoms with Gasteiger partial charge in [0, 0.05) is 18.2 Å². The zero-order valence-corrected chi connectivity index (χ0v) is 14.8. The SMILES string of the molecule is COc1ccc(CS(=O)(=O)CC(=O)NCc2cccc(C#N)c2)c(F)c1. The zero-order valence-electron chi connectivity index (χ0n) is 14.0. The van der Waals surface area contributed by atoms with E-state index in [1.165, 1.54) is 19.2 Å². The van der Waals surface area contributed by atoms with Gasteiger partial charge in [0.1, 0.15) is 17.3 Å². The van der Waals surface area contributed by atoms with Crippen LogP contribution in [0.5, 0.6) is 5.75 Å². The Balaban J connectivity index is 1.95. The van der Waals surface area contributed by atoms with E-state index in [0.717, 1.165) is 6.07 Å². The maximum absolute atomic E-state index is 13.9.